The molecule has 4 nitrogen and oxygen atoms in total. The molecule has 0 unspecified atom stereocenters. The molecule has 142 valence electrons. The Labute approximate surface area is 166 Å². The fourth-order valence-electron chi connectivity index (χ4n) is 3.77. The number of hydrogen-bond donors (Lipinski definition) is 1. The van der Waals surface area contributed by atoms with Crippen molar-refractivity contribution in [2.45, 2.75) is 13.0 Å². The second-order valence-corrected chi connectivity index (χ2v) is 7.03. The fourth-order valence-corrected chi connectivity index (χ4v) is 3.77. The Balaban J connectivity index is 1.62. The highest BCUT2D eigenvalue weighted by Crippen LogP contribution is 2.22. The minimum absolute atomic E-state index is 0.0690. The van der Waals surface area contributed by atoms with Crippen molar-refractivity contribution >= 4 is 21.8 Å². The quantitative estimate of drug-likeness (QED) is 0.479. The minimum Gasteiger partial charge on any atom is -0.361 e. The zero-order chi connectivity index (χ0) is 19.8. The summed E-state index contributed by atoms with van der Waals surface area (Å²) in [6, 6.07) is 21.8. The van der Waals surface area contributed by atoms with E-state index in [2.05, 4.69) is 4.98 Å². The molecule has 2 heterocycles. The van der Waals surface area contributed by atoms with E-state index < -0.39 is 0 Å². The lowest BCUT2D eigenvalue weighted by Crippen LogP contribution is -2.24. The highest BCUT2D eigenvalue weighted by atomic mass is 19.1. The Kier molecular flexibility index (Phi) is 4.21. The number of rotatable bonds is 4. The van der Waals surface area contributed by atoms with E-state index in [0.717, 1.165) is 22.0 Å². The Morgan fingerprint density at radius 1 is 0.931 bits per heavy atom. The summed E-state index contributed by atoms with van der Waals surface area (Å²) < 4.78 is 15.4. The summed E-state index contributed by atoms with van der Waals surface area (Å²) in [6.07, 6.45) is 2.47. The van der Waals surface area contributed by atoms with Gasteiger partial charge in [0.2, 0.25) is 0 Å². The molecular weight excluding hydrogens is 365 g/mol. The summed E-state index contributed by atoms with van der Waals surface area (Å²) in [4.78, 5) is 21.2. The van der Waals surface area contributed by atoms with E-state index in [9.17, 15) is 9.18 Å². The molecule has 0 amide bonds. The number of fused-ring (bicyclic) bond motifs is 2. The summed E-state index contributed by atoms with van der Waals surface area (Å²) in [6.45, 7) is 0.449. The standard InChI is InChI=1S/C24H18FN3O/c25-18-10-11-21-20(14-18)17(15-26-21)12-13-28-23(16-6-2-1-3-7-16)27-22-9-5-4-8-19(22)24(28)29/h1-11,14-15,26H,12-13H2. The largest absolute Gasteiger partial charge is 0.361 e. The maximum Gasteiger partial charge on any atom is 0.261 e. The maximum absolute atomic E-state index is 13.7. The van der Waals surface area contributed by atoms with Crippen molar-refractivity contribution < 1.29 is 4.39 Å². The van der Waals surface area contributed by atoms with Gasteiger partial charge in [0.1, 0.15) is 11.6 Å². The molecule has 0 saturated heterocycles. The third-order valence-electron chi connectivity index (χ3n) is 5.23. The molecule has 0 aliphatic heterocycles. The topological polar surface area (TPSA) is 50.7 Å². The lowest BCUT2D eigenvalue weighted by Gasteiger charge is -2.13. The van der Waals surface area contributed by atoms with E-state index in [1.807, 2.05) is 54.7 Å². The lowest BCUT2D eigenvalue weighted by molar-refractivity contribution is 0.629. The van der Waals surface area contributed by atoms with Crippen molar-refractivity contribution in [3.63, 3.8) is 0 Å². The average Bonchev–Trinajstić information content (AvgIpc) is 3.15. The van der Waals surface area contributed by atoms with Gasteiger partial charge in [-0.3, -0.25) is 9.36 Å². The van der Waals surface area contributed by atoms with E-state index in [1.54, 1.807) is 16.7 Å². The average molecular weight is 383 g/mol. The van der Waals surface area contributed by atoms with Gasteiger partial charge in [-0.25, -0.2) is 9.37 Å². The van der Waals surface area contributed by atoms with Crippen LogP contribution in [0.3, 0.4) is 0 Å². The number of benzene rings is 3. The molecule has 5 aromatic rings. The molecule has 3 aromatic carbocycles. The second kappa shape index (κ2) is 7.02. The summed E-state index contributed by atoms with van der Waals surface area (Å²) in [5, 5.41) is 1.44. The number of aromatic amines is 1. The Morgan fingerprint density at radius 2 is 1.72 bits per heavy atom. The molecule has 1 N–H and O–H groups in total. The summed E-state index contributed by atoms with van der Waals surface area (Å²) in [7, 11) is 0. The van der Waals surface area contributed by atoms with Gasteiger partial charge in [0, 0.05) is 29.2 Å². The van der Waals surface area contributed by atoms with Crippen LogP contribution in [0.4, 0.5) is 4.39 Å². The molecule has 5 rings (SSSR count). The molecular formula is C24H18FN3O. The number of hydrogen-bond acceptors (Lipinski definition) is 2. The first-order chi connectivity index (χ1) is 14.2. The van der Waals surface area contributed by atoms with Crippen LogP contribution in [0.25, 0.3) is 33.2 Å². The van der Waals surface area contributed by atoms with Crippen LogP contribution in [0.5, 0.6) is 0 Å². The number of H-pyrrole nitrogens is 1. The molecule has 0 spiro atoms. The van der Waals surface area contributed by atoms with Gasteiger partial charge in [-0.2, -0.15) is 0 Å². The summed E-state index contributed by atoms with van der Waals surface area (Å²) >= 11 is 0. The van der Waals surface area contributed by atoms with E-state index in [0.29, 0.717) is 29.7 Å². The molecule has 0 fully saturated rings. The molecule has 29 heavy (non-hydrogen) atoms. The highest BCUT2D eigenvalue weighted by molar-refractivity contribution is 5.83. The zero-order valence-corrected chi connectivity index (χ0v) is 15.6. The van der Waals surface area contributed by atoms with Gasteiger partial charge in [0.15, 0.2) is 0 Å². The normalized spacial score (nSPS) is 11.3. The van der Waals surface area contributed by atoms with E-state index in [1.165, 1.54) is 12.1 Å². The highest BCUT2D eigenvalue weighted by Gasteiger charge is 2.13. The van der Waals surface area contributed by atoms with Crippen LogP contribution in [0.1, 0.15) is 5.56 Å². The molecule has 2 aromatic heterocycles. The van der Waals surface area contributed by atoms with Gasteiger partial charge in [-0.15, -0.1) is 0 Å². The van der Waals surface area contributed by atoms with Crippen LogP contribution in [-0.2, 0) is 13.0 Å². The minimum atomic E-state index is -0.270. The van der Waals surface area contributed by atoms with E-state index in [4.69, 9.17) is 4.98 Å². The summed E-state index contributed by atoms with van der Waals surface area (Å²) in [5.74, 6) is 0.369. The SMILES string of the molecule is O=c1c2ccccc2nc(-c2ccccc2)n1CCc1c[nH]c2ccc(F)cc12. The van der Waals surface area contributed by atoms with Crippen LogP contribution in [-0.4, -0.2) is 14.5 Å². The maximum atomic E-state index is 13.7. The van der Waals surface area contributed by atoms with Gasteiger partial charge in [0.05, 0.1) is 10.9 Å². The van der Waals surface area contributed by atoms with Crippen LogP contribution >= 0.6 is 0 Å². The Morgan fingerprint density at radius 3 is 2.59 bits per heavy atom. The van der Waals surface area contributed by atoms with Crippen LogP contribution in [0.15, 0.2) is 83.8 Å². The van der Waals surface area contributed by atoms with E-state index >= 15 is 0 Å². The van der Waals surface area contributed by atoms with Gasteiger partial charge in [0.25, 0.3) is 5.56 Å². The molecule has 0 aliphatic rings. The first-order valence-electron chi connectivity index (χ1n) is 9.51. The number of halogens is 1. The zero-order valence-electron chi connectivity index (χ0n) is 15.6. The predicted molar refractivity (Wildman–Crippen MR) is 113 cm³/mol. The third-order valence-corrected chi connectivity index (χ3v) is 5.23. The summed E-state index contributed by atoms with van der Waals surface area (Å²) in [5.41, 5.74) is 3.36. The van der Waals surface area contributed by atoms with Crippen molar-refractivity contribution in [2.75, 3.05) is 0 Å². The molecule has 0 aliphatic carbocycles. The molecule has 5 heteroatoms. The van der Waals surface area contributed by atoms with Gasteiger partial charge < -0.3 is 4.98 Å². The smallest absolute Gasteiger partial charge is 0.261 e. The lowest BCUT2D eigenvalue weighted by atomic mass is 10.1. The van der Waals surface area contributed by atoms with Crippen LogP contribution < -0.4 is 5.56 Å². The Bertz CT molecular complexity index is 1390. The molecule has 0 radical (unpaired) electrons. The number of nitrogens with zero attached hydrogens (tertiary/aromatic N) is 2. The molecule has 0 saturated carbocycles. The number of nitrogens with one attached hydrogen (secondary N) is 1. The van der Waals surface area contributed by atoms with Gasteiger partial charge >= 0.3 is 0 Å². The third kappa shape index (κ3) is 3.10. The number of para-hydroxylation sites is 1. The van der Waals surface area contributed by atoms with E-state index in [-0.39, 0.29) is 11.4 Å². The first-order valence-corrected chi connectivity index (χ1v) is 9.51. The Hall–Kier alpha value is -3.73. The predicted octanol–water partition coefficient (Wildman–Crippen LogP) is 4.93. The molecule has 0 atom stereocenters. The van der Waals surface area contributed by atoms with Crippen molar-refractivity contribution in [2.24, 2.45) is 0 Å². The van der Waals surface area contributed by atoms with Gasteiger partial charge in [-0.1, -0.05) is 42.5 Å². The fraction of sp³-hybridized carbons (Fsp3) is 0.0833. The first kappa shape index (κ1) is 17.4. The number of aromatic nitrogens is 3. The van der Waals surface area contributed by atoms with Crippen LogP contribution in [0, 0.1) is 5.82 Å². The molecule has 0 bridgehead atoms. The monoisotopic (exact) mass is 383 g/mol. The van der Waals surface area contributed by atoms with Crippen molar-refractivity contribution in [3.05, 3.63) is 101 Å². The van der Waals surface area contributed by atoms with Gasteiger partial charge in [-0.05, 0) is 42.3 Å². The van der Waals surface area contributed by atoms with Crippen molar-refractivity contribution in [1.29, 1.82) is 0 Å². The number of aryl methyl sites for hydroxylation is 1. The van der Waals surface area contributed by atoms with Crippen LogP contribution in [0.2, 0.25) is 0 Å². The second-order valence-electron chi connectivity index (χ2n) is 7.03. The van der Waals surface area contributed by atoms with Crippen molar-refractivity contribution in [1.82, 2.24) is 14.5 Å². The van der Waals surface area contributed by atoms with Crippen molar-refractivity contribution in [3.8, 4) is 11.4 Å².